The first kappa shape index (κ1) is 20.2. The molecule has 0 atom stereocenters. The van der Waals surface area contributed by atoms with E-state index < -0.39 is 5.60 Å². The number of benzene rings is 1. The molecule has 10 nitrogen and oxygen atoms in total. The van der Waals surface area contributed by atoms with E-state index in [4.69, 9.17) is 4.74 Å². The predicted molar refractivity (Wildman–Crippen MR) is 118 cm³/mol. The number of hydrogen-bond acceptors (Lipinski definition) is 6. The Morgan fingerprint density at radius 2 is 1.91 bits per heavy atom. The molecule has 0 aliphatic carbocycles. The molecular formula is C22H25N7O3. The van der Waals surface area contributed by atoms with Crippen LogP contribution in [0.5, 0.6) is 0 Å². The molecule has 0 radical (unpaired) electrons. The minimum absolute atomic E-state index is 0.0905. The van der Waals surface area contributed by atoms with Crippen molar-refractivity contribution in [3.63, 3.8) is 0 Å². The molecule has 1 fully saturated rings. The molecule has 0 saturated carbocycles. The molecule has 1 saturated heterocycles. The lowest BCUT2D eigenvalue weighted by molar-refractivity contribution is 0.0188. The Bertz CT molecular complexity index is 1340. The molecule has 0 bridgehead atoms. The quantitative estimate of drug-likeness (QED) is 0.480. The van der Waals surface area contributed by atoms with Crippen LogP contribution in [0.2, 0.25) is 0 Å². The monoisotopic (exact) mass is 435 g/mol. The topological polar surface area (TPSA) is 99.5 Å². The van der Waals surface area contributed by atoms with Crippen molar-refractivity contribution in [2.24, 2.45) is 0 Å². The van der Waals surface area contributed by atoms with Gasteiger partial charge >= 0.3 is 6.09 Å². The molecule has 3 aromatic heterocycles. The van der Waals surface area contributed by atoms with Gasteiger partial charge in [0.2, 0.25) is 0 Å². The number of amides is 1. The molecule has 0 N–H and O–H groups in total. The van der Waals surface area contributed by atoms with E-state index >= 15 is 0 Å². The average Bonchev–Trinajstić information content (AvgIpc) is 3.40. The van der Waals surface area contributed by atoms with Crippen LogP contribution in [0.4, 0.5) is 4.79 Å². The van der Waals surface area contributed by atoms with Gasteiger partial charge in [-0.05, 0) is 45.7 Å². The zero-order chi connectivity index (χ0) is 22.5. The third-order valence-electron chi connectivity index (χ3n) is 5.64. The van der Waals surface area contributed by atoms with E-state index in [0.717, 1.165) is 16.6 Å². The van der Waals surface area contributed by atoms with Crippen LogP contribution in [0, 0.1) is 0 Å². The van der Waals surface area contributed by atoms with E-state index in [1.807, 2.05) is 45.0 Å². The molecule has 1 amide bonds. The lowest BCUT2D eigenvalue weighted by Crippen LogP contribution is -2.43. The Balaban J connectivity index is 1.57. The summed E-state index contributed by atoms with van der Waals surface area (Å²) < 4.78 is 10.5. The lowest BCUT2D eigenvalue weighted by Gasteiger charge is -2.34. The van der Waals surface area contributed by atoms with Crippen LogP contribution < -0.4 is 5.56 Å². The maximum Gasteiger partial charge on any atom is 0.410 e. The van der Waals surface area contributed by atoms with Gasteiger partial charge in [-0.25, -0.2) is 14.0 Å². The molecule has 32 heavy (non-hydrogen) atoms. The summed E-state index contributed by atoms with van der Waals surface area (Å²) in [6.07, 6.45) is 5.82. The number of ether oxygens (including phenoxy) is 1. The summed E-state index contributed by atoms with van der Waals surface area (Å²) >= 11 is 0. The summed E-state index contributed by atoms with van der Waals surface area (Å²) in [5.41, 5.74) is 1.22. The Labute approximate surface area is 184 Å². The van der Waals surface area contributed by atoms with Gasteiger partial charge in [-0.1, -0.05) is 17.3 Å². The van der Waals surface area contributed by atoms with Crippen molar-refractivity contribution in [1.29, 1.82) is 0 Å². The van der Waals surface area contributed by atoms with Crippen LogP contribution in [-0.4, -0.2) is 58.9 Å². The van der Waals surface area contributed by atoms with E-state index in [0.29, 0.717) is 31.6 Å². The zero-order valence-electron chi connectivity index (χ0n) is 18.3. The van der Waals surface area contributed by atoms with Gasteiger partial charge in [0, 0.05) is 24.5 Å². The first-order valence-electron chi connectivity index (χ1n) is 10.7. The highest BCUT2D eigenvalue weighted by Crippen LogP contribution is 2.28. The maximum atomic E-state index is 13.7. The van der Waals surface area contributed by atoms with Crippen LogP contribution in [-0.2, 0) is 4.74 Å². The fraction of sp³-hybridized carbons (Fsp3) is 0.409. The minimum atomic E-state index is -0.542. The summed E-state index contributed by atoms with van der Waals surface area (Å²) in [5.74, 6) is 0. The molecular weight excluding hydrogens is 410 g/mol. The van der Waals surface area contributed by atoms with E-state index in [9.17, 15) is 9.59 Å². The lowest BCUT2D eigenvalue weighted by atomic mass is 10.0. The van der Waals surface area contributed by atoms with Gasteiger partial charge in [0.25, 0.3) is 5.56 Å². The van der Waals surface area contributed by atoms with Gasteiger partial charge in [0.15, 0.2) is 0 Å². The number of rotatable bonds is 2. The molecule has 1 aliphatic rings. The molecule has 5 rings (SSSR count). The van der Waals surface area contributed by atoms with Gasteiger partial charge in [-0.15, -0.1) is 5.10 Å². The normalized spacial score (nSPS) is 15.5. The number of aromatic nitrogens is 6. The standard InChI is InChI=1S/C22H25N7O3/c1-22(2,3)32-21(31)26-11-8-15(9-12-26)29-19-16-6-4-5-7-17(16)24-28(19)14-18(20(29)30)27-13-10-23-25-27/h4-7,10,13-15H,8-9,11-12H2,1-3H3. The molecule has 4 aromatic rings. The van der Waals surface area contributed by atoms with Crippen molar-refractivity contribution < 1.29 is 9.53 Å². The number of fused-ring (bicyclic) bond motifs is 3. The van der Waals surface area contributed by atoms with Crippen molar-refractivity contribution in [2.75, 3.05) is 13.1 Å². The maximum absolute atomic E-state index is 13.7. The van der Waals surface area contributed by atoms with Gasteiger partial charge in [0.1, 0.15) is 16.9 Å². The van der Waals surface area contributed by atoms with Crippen LogP contribution in [0.25, 0.3) is 22.2 Å². The molecule has 4 heterocycles. The number of piperidine rings is 1. The molecule has 0 unspecified atom stereocenters. The SMILES string of the molecule is CC(C)(C)OC(=O)N1CCC(n2c(=O)c(-n3ccnn3)cn3nc4ccccc4c23)CC1. The summed E-state index contributed by atoms with van der Waals surface area (Å²) in [4.78, 5) is 27.8. The number of carbonyl (C=O) groups excluding carboxylic acids is 1. The second-order valence-corrected chi connectivity index (χ2v) is 9.02. The number of likely N-dealkylation sites (tertiary alicyclic amines) is 1. The smallest absolute Gasteiger partial charge is 0.410 e. The summed E-state index contributed by atoms with van der Waals surface area (Å²) in [6, 6.07) is 7.67. The summed E-state index contributed by atoms with van der Waals surface area (Å²) in [6.45, 7) is 6.59. The van der Waals surface area contributed by atoms with Gasteiger partial charge in [0.05, 0.1) is 24.1 Å². The summed E-state index contributed by atoms with van der Waals surface area (Å²) in [5, 5.41) is 13.4. The molecule has 10 heteroatoms. The Morgan fingerprint density at radius 1 is 1.16 bits per heavy atom. The number of hydrogen-bond donors (Lipinski definition) is 0. The van der Waals surface area contributed by atoms with Crippen molar-refractivity contribution >= 4 is 22.6 Å². The molecule has 166 valence electrons. The molecule has 1 aliphatic heterocycles. The van der Waals surface area contributed by atoms with Gasteiger partial charge in [-0.2, -0.15) is 5.10 Å². The van der Waals surface area contributed by atoms with Crippen molar-refractivity contribution in [2.45, 2.75) is 45.3 Å². The Hall–Kier alpha value is -3.69. The number of carbonyl (C=O) groups is 1. The highest BCUT2D eigenvalue weighted by Gasteiger charge is 2.30. The second-order valence-electron chi connectivity index (χ2n) is 9.02. The molecule has 0 spiro atoms. The first-order valence-corrected chi connectivity index (χ1v) is 10.7. The van der Waals surface area contributed by atoms with Crippen molar-refractivity contribution in [3.05, 3.63) is 53.2 Å². The van der Waals surface area contributed by atoms with E-state index in [1.165, 1.54) is 10.9 Å². The summed E-state index contributed by atoms with van der Waals surface area (Å²) in [7, 11) is 0. The van der Waals surface area contributed by atoms with Gasteiger partial charge < -0.3 is 9.64 Å². The fourth-order valence-electron chi connectivity index (χ4n) is 4.22. The second kappa shape index (κ2) is 7.47. The van der Waals surface area contributed by atoms with E-state index in [-0.39, 0.29) is 17.7 Å². The van der Waals surface area contributed by atoms with Crippen molar-refractivity contribution in [1.82, 2.24) is 34.1 Å². The molecule has 1 aromatic carbocycles. The highest BCUT2D eigenvalue weighted by atomic mass is 16.6. The van der Waals surface area contributed by atoms with E-state index in [2.05, 4.69) is 15.4 Å². The Morgan fingerprint density at radius 3 is 2.59 bits per heavy atom. The zero-order valence-corrected chi connectivity index (χ0v) is 18.3. The van der Waals surface area contributed by atoms with Crippen LogP contribution in [0.15, 0.2) is 47.7 Å². The Kier molecular flexibility index (Phi) is 4.72. The minimum Gasteiger partial charge on any atom is -0.444 e. The van der Waals surface area contributed by atoms with Crippen LogP contribution in [0.1, 0.15) is 39.7 Å². The van der Waals surface area contributed by atoms with Crippen molar-refractivity contribution in [3.8, 4) is 5.69 Å². The van der Waals surface area contributed by atoms with Crippen LogP contribution >= 0.6 is 0 Å². The van der Waals surface area contributed by atoms with Crippen LogP contribution in [0.3, 0.4) is 0 Å². The third kappa shape index (κ3) is 3.51. The average molecular weight is 435 g/mol. The predicted octanol–water partition coefficient (Wildman–Crippen LogP) is 2.80. The number of nitrogens with zero attached hydrogens (tertiary/aromatic N) is 7. The largest absolute Gasteiger partial charge is 0.444 e. The van der Waals surface area contributed by atoms with E-state index in [1.54, 1.807) is 26.4 Å². The third-order valence-corrected chi connectivity index (χ3v) is 5.64. The van der Waals surface area contributed by atoms with Gasteiger partial charge in [-0.3, -0.25) is 9.36 Å². The fourth-order valence-corrected chi connectivity index (χ4v) is 4.22. The highest BCUT2D eigenvalue weighted by molar-refractivity contribution is 5.92. The first-order chi connectivity index (χ1) is 15.3.